The maximum absolute atomic E-state index is 14.6. The molecule has 0 radical (unpaired) electrons. The lowest BCUT2D eigenvalue weighted by Gasteiger charge is -2.39. The first-order valence-corrected chi connectivity index (χ1v) is 5.88. The highest BCUT2D eigenvalue weighted by Gasteiger charge is 2.59. The highest BCUT2D eigenvalue weighted by atomic mass is 19.2. The minimum Gasteiger partial charge on any atom is -0.243 e. The Kier molecular flexibility index (Phi) is 4.31. The molecule has 0 saturated carbocycles. The monoisotopic (exact) mass is 308 g/mol. The highest BCUT2D eigenvalue weighted by Crippen LogP contribution is 2.52. The van der Waals surface area contributed by atoms with Gasteiger partial charge in [-0.25, -0.2) is 17.6 Å². The van der Waals surface area contributed by atoms with E-state index in [9.17, 15) is 17.6 Å². The topological polar surface area (TPSA) is 95.2 Å². The van der Waals surface area contributed by atoms with E-state index in [2.05, 4.69) is 0 Å². The Bertz CT molecular complexity index is 707. The maximum atomic E-state index is 14.6. The molecule has 8 heteroatoms. The third-order valence-electron chi connectivity index (χ3n) is 3.56. The van der Waals surface area contributed by atoms with E-state index >= 15 is 0 Å². The van der Waals surface area contributed by atoms with E-state index in [0.29, 0.717) is 6.92 Å². The van der Waals surface area contributed by atoms with Crippen molar-refractivity contribution in [2.45, 2.75) is 25.7 Å². The summed E-state index contributed by atoms with van der Waals surface area (Å²) in [4.78, 5) is 0. The molecule has 22 heavy (non-hydrogen) atoms. The second kappa shape index (κ2) is 5.51. The zero-order chi connectivity index (χ0) is 17.3. The minimum atomic E-state index is -3.25. The summed E-state index contributed by atoms with van der Waals surface area (Å²) in [7, 11) is 0. The van der Waals surface area contributed by atoms with Gasteiger partial charge in [0, 0.05) is 0 Å². The summed E-state index contributed by atoms with van der Waals surface area (Å²) in [5.74, 6) is -6.12. The van der Waals surface area contributed by atoms with E-state index in [1.54, 1.807) is 0 Å². The number of alkyl halides is 2. The minimum absolute atomic E-state index is 0.524. The van der Waals surface area contributed by atoms with Crippen molar-refractivity contribution in [1.29, 1.82) is 21.0 Å². The van der Waals surface area contributed by atoms with Gasteiger partial charge in [0.1, 0.15) is 29.7 Å². The molecule has 1 aliphatic carbocycles. The summed E-state index contributed by atoms with van der Waals surface area (Å²) < 4.78 is 57.3. The molecule has 0 aromatic carbocycles. The van der Waals surface area contributed by atoms with E-state index in [-0.39, 0.29) is 0 Å². The van der Waals surface area contributed by atoms with E-state index in [1.807, 2.05) is 0 Å². The molecule has 0 aromatic heterocycles. The number of nitrogens with zero attached hydrogens (tertiary/aromatic N) is 4. The summed E-state index contributed by atoms with van der Waals surface area (Å²) in [6.45, 7) is 1.37. The van der Waals surface area contributed by atoms with Crippen molar-refractivity contribution < 1.29 is 17.6 Å². The van der Waals surface area contributed by atoms with Crippen molar-refractivity contribution in [3.8, 4) is 24.3 Å². The number of hydrogen-bond donors (Lipinski definition) is 0. The molecule has 0 fully saturated rings. The molecular formula is C14H8F4N4. The molecular weight excluding hydrogens is 300 g/mol. The molecule has 0 amide bonds. The van der Waals surface area contributed by atoms with Crippen LogP contribution in [0.1, 0.15) is 13.8 Å². The van der Waals surface area contributed by atoms with Crippen molar-refractivity contribution in [2.24, 2.45) is 11.3 Å². The number of allylic oxidation sites excluding steroid dienone is 4. The van der Waals surface area contributed by atoms with E-state index < -0.39 is 46.0 Å². The Balaban J connectivity index is 3.83. The van der Waals surface area contributed by atoms with E-state index in [1.165, 1.54) is 24.3 Å². The fraction of sp³-hybridized carbons (Fsp3) is 0.429. The SMILES string of the molecule is CC(C#N)(C#N)C1C(F)=C(F)C(=C(C#N)C#N)C(C)(F)C1F. The first-order valence-electron chi connectivity index (χ1n) is 5.88. The standard InChI is InChI=1S/C14H8F4N4/c1-13(5-21,6-22)9-11(16)10(15)8(7(3-19)4-20)14(2,18)12(9)17/h9,12H,1-2H3. The Morgan fingerprint density at radius 3 is 1.95 bits per heavy atom. The lowest BCUT2D eigenvalue weighted by Crippen LogP contribution is -2.49. The van der Waals surface area contributed by atoms with Crippen LogP contribution in [-0.2, 0) is 0 Å². The molecule has 0 spiro atoms. The molecule has 3 atom stereocenters. The van der Waals surface area contributed by atoms with Gasteiger partial charge in [-0.1, -0.05) is 0 Å². The normalized spacial score (nSPS) is 28.2. The molecule has 0 aromatic rings. The van der Waals surface area contributed by atoms with Crippen LogP contribution < -0.4 is 0 Å². The summed E-state index contributed by atoms with van der Waals surface area (Å²) in [5.41, 5.74) is -8.08. The average Bonchev–Trinajstić information content (AvgIpc) is 2.49. The van der Waals surface area contributed by atoms with Crippen molar-refractivity contribution in [3.05, 3.63) is 22.8 Å². The van der Waals surface area contributed by atoms with Crippen LogP contribution in [-0.4, -0.2) is 11.8 Å². The number of hydrogen-bond acceptors (Lipinski definition) is 4. The molecule has 1 aliphatic rings. The Labute approximate surface area is 123 Å². The van der Waals surface area contributed by atoms with Crippen LogP contribution in [0.4, 0.5) is 17.6 Å². The lowest BCUT2D eigenvalue weighted by atomic mass is 9.66. The highest BCUT2D eigenvalue weighted by molar-refractivity contribution is 5.55. The molecule has 0 saturated heterocycles. The lowest BCUT2D eigenvalue weighted by molar-refractivity contribution is 0.0228. The number of rotatable bonds is 1. The Morgan fingerprint density at radius 2 is 1.59 bits per heavy atom. The summed E-state index contributed by atoms with van der Waals surface area (Å²) in [6, 6.07) is 5.01. The maximum Gasteiger partial charge on any atom is 0.169 e. The second-order valence-electron chi connectivity index (χ2n) is 5.02. The predicted octanol–water partition coefficient (Wildman–Crippen LogP) is 3.23. The smallest absolute Gasteiger partial charge is 0.169 e. The first kappa shape index (κ1) is 17.2. The van der Waals surface area contributed by atoms with Crippen molar-refractivity contribution in [3.63, 3.8) is 0 Å². The van der Waals surface area contributed by atoms with Gasteiger partial charge in [-0.2, -0.15) is 21.0 Å². The van der Waals surface area contributed by atoms with Crippen molar-refractivity contribution in [2.75, 3.05) is 0 Å². The molecule has 0 N–H and O–H groups in total. The fourth-order valence-corrected chi connectivity index (χ4v) is 2.25. The van der Waals surface area contributed by atoms with Gasteiger partial charge in [0.15, 0.2) is 16.9 Å². The number of halogens is 4. The molecule has 0 heterocycles. The van der Waals surface area contributed by atoms with Gasteiger partial charge in [-0.05, 0) is 13.8 Å². The van der Waals surface area contributed by atoms with Gasteiger partial charge in [0.25, 0.3) is 0 Å². The van der Waals surface area contributed by atoms with Crippen molar-refractivity contribution in [1.82, 2.24) is 0 Å². The van der Waals surface area contributed by atoms with Gasteiger partial charge in [0.2, 0.25) is 0 Å². The quantitative estimate of drug-likeness (QED) is 0.549. The molecule has 0 bridgehead atoms. The second-order valence-corrected chi connectivity index (χ2v) is 5.02. The first-order chi connectivity index (χ1) is 10.1. The third-order valence-corrected chi connectivity index (χ3v) is 3.56. The molecule has 0 aliphatic heterocycles. The van der Waals surface area contributed by atoms with Crippen LogP contribution in [0.3, 0.4) is 0 Å². The van der Waals surface area contributed by atoms with E-state index in [4.69, 9.17) is 21.0 Å². The van der Waals surface area contributed by atoms with Crippen LogP contribution in [0.15, 0.2) is 22.8 Å². The molecule has 4 nitrogen and oxygen atoms in total. The number of nitriles is 4. The van der Waals surface area contributed by atoms with Crippen LogP contribution in [0.2, 0.25) is 0 Å². The summed E-state index contributed by atoms with van der Waals surface area (Å²) >= 11 is 0. The zero-order valence-corrected chi connectivity index (χ0v) is 11.5. The molecule has 112 valence electrons. The Hall–Kier alpha value is -2.84. The summed E-state index contributed by atoms with van der Waals surface area (Å²) in [5, 5.41) is 35.2. The van der Waals surface area contributed by atoms with Gasteiger partial charge < -0.3 is 0 Å². The van der Waals surface area contributed by atoms with Crippen LogP contribution in [0, 0.1) is 56.7 Å². The Morgan fingerprint density at radius 1 is 1.14 bits per heavy atom. The van der Waals surface area contributed by atoms with Gasteiger partial charge >= 0.3 is 0 Å². The van der Waals surface area contributed by atoms with Gasteiger partial charge in [0.05, 0.1) is 23.6 Å². The predicted molar refractivity (Wildman–Crippen MR) is 64.7 cm³/mol. The van der Waals surface area contributed by atoms with Gasteiger partial charge in [-0.15, -0.1) is 0 Å². The van der Waals surface area contributed by atoms with Crippen LogP contribution in [0.5, 0.6) is 0 Å². The van der Waals surface area contributed by atoms with Crippen molar-refractivity contribution >= 4 is 0 Å². The third kappa shape index (κ3) is 2.20. The van der Waals surface area contributed by atoms with E-state index in [0.717, 1.165) is 6.92 Å². The van der Waals surface area contributed by atoms with Crippen LogP contribution >= 0.6 is 0 Å². The summed E-state index contributed by atoms with van der Waals surface area (Å²) in [6.07, 6.45) is -2.83. The molecule has 3 unspecified atom stereocenters. The molecule has 1 rings (SSSR count). The van der Waals surface area contributed by atoms with Crippen LogP contribution in [0.25, 0.3) is 0 Å². The average molecular weight is 308 g/mol. The van der Waals surface area contributed by atoms with Gasteiger partial charge in [-0.3, -0.25) is 0 Å². The largest absolute Gasteiger partial charge is 0.243 e. The zero-order valence-electron chi connectivity index (χ0n) is 11.5. The fourth-order valence-electron chi connectivity index (χ4n) is 2.25.